The molecule has 21 heavy (non-hydrogen) atoms. The van der Waals surface area contributed by atoms with E-state index in [2.05, 4.69) is 10.6 Å². The van der Waals surface area contributed by atoms with Gasteiger partial charge >= 0.3 is 6.03 Å². The van der Waals surface area contributed by atoms with E-state index in [0.29, 0.717) is 12.6 Å². The van der Waals surface area contributed by atoms with Gasteiger partial charge in [0, 0.05) is 12.6 Å². The molecule has 1 aromatic carbocycles. The van der Waals surface area contributed by atoms with E-state index in [1.165, 1.54) is 31.2 Å². The number of ether oxygens (including phenoxy) is 1. The third-order valence-corrected chi connectivity index (χ3v) is 4.05. The quantitative estimate of drug-likeness (QED) is 0.818. The zero-order valence-corrected chi connectivity index (χ0v) is 12.9. The molecule has 0 unspecified atom stereocenters. The molecule has 0 bridgehead atoms. The van der Waals surface area contributed by atoms with E-state index in [1.807, 2.05) is 24.3 Å². The van der Waals surface area contributed by atoms with Gasteiger partial charge in [-0.25, -0.2) is 4.79 Å². The van der Waals surface area contributed by atoms with Crippen molar-refractivity contribution in [2.24, 2.45) is 0 Å². The van der Waals surface area contributed by atoms with Crippen molar-refractivity contribution in [1.82, 2.24) is 10.6 Å². The Balaban J connectivity index is 1.66. The van der Waals surface area contributed by atoms with Crippen LogP contribution in [0.1, 0.15) is 44.1 Å². The smallest absolute Gasteiger partial charge is 0.315 e. The molecule has 0 radical (unpaired) electrons. The lowest BCUT2D eigenvalue weighted by Crippen LogP contribution is -2.42. The fourth-order valence-electron chi connectivity index (χ4n) is 2.77. The Morgan fingerprint density at radius 1 is 1.14 bits per heavy atom. The first-order valence-corrected chi connectivity index (χ1v) is 7.95. The predicted octanol–water partition coefficient (Wildman–Crippen LogP) is 3.26. The zero-order chi connectivity index (χ0) is 14.9. The molecule has 1 saturated carbocycles. The van der Waals surface area contributed by atoms with Crippen LogP contribution in [0.25, 0.3) is 0 Å². The van der Waals surface area contributed by atoms with Crippen LogP contribution in [0.2, 0.25) is 0 Å². The van der Waals surface area contributed by atoms with Gasteiger partial charge in [0.15, 0.2) is 0 Å². The lowest BCUT2D eigenvalue weighted by atomic mass is 10.1. The van der Waals surface area contributed by atoms with Crippen molar-refractivity contribution in [3.8, 4) is 5.75 Å². The minimum absolute atomic E-state index is 0.0320. The van der Waals surface area contributed by atoms with Crippen LogP contribution < -0.4 is 15.4 Å². The average Bonchev–Trinajstić information content (AvgIpc) is 2.76. The Morgan fingerprint density at radius 3 is 2.43 bits per heavy atom. The Labute approximate surface area is 127 Å². The SMILES string of the molecule is COc1ccc(CCNC(=O)NC2CCCCCC2)cc1. The molecule has 1 aliphatic rings. The number of carbonyl (C=O) groups is 1. The fourth-order valence-corrected chi connectivity index (χ4v) is 2.77. The minimum atomic E-state index is -0.0320. The topological polar surface area (TPSA) is 50.4 Å². The second-order valence-electron chi connectivity index (χ2n) is 5.69. The lowest BCUT2D eigenvalue weighted by Gasteiger charge is -2.16. The van der Waals surface area contributed by atoms with E-state index < -0.39 is 0 Å². The van der Waals surface area contributed by atoms with Crippen molar-refractivity contribution in [2.45, 2.75) is 51.0 Å². The third-order valence-electron chi connectivity index (χ3n) is 4.05. The molecule has 0 spiro atoms. The summed E-state index contributed by atoms with van der Waals surface area (Å²) in [5.41, 5.74) is 1.20. The standard InChI is InChI=1S/C17H26N2O2/c1-21-16-10-8-14(9-11-16)12-13-18-17(20)19-15-6-4-2-3-5-7-15/h8-11,15H,2-7,12-13H2,1H3,(H2,18,19,20). The number of benzene rings is 1. The molecule has 116 valence electrons. The van der Waals surface area contributed by atoms with Gasteiger partial charge < -0.3 is 15.4 Å². The summed E-state index contributed by atoms with van der Waals surface area (Å²) in [4.78, 5) is 11.9. The minimum Gasteiger partial charge on any atom is -0.497 e. The van der Waals surface area contributed by atoms with Crippen LogP contribution >= 0.6 is 0 Å². The van der Waals surface area contributed by atoms with Crippen LogP contribution in [0.15, 0.2) is 24.3 Å². The van der Waals surface area contributed by atoms with Crippen molar-refractivity contribution in [3.63, 3.8) is 0 Å². The summed E-state index contributed by atoms with van der Waals surface area (Å²) in [6.07, 6.45) is 8.14. The highest BCUT2D eigenvalue weighted by molar-refractivity contribution is 5.74. The zero-order valence-electron chi connectivity index (χ0n) is 12.9. The molecular formula is C17H26N2O2. The molecule has 0 heterocycles. The van der Waals surface area contributed by atoms with Crippen LogP contribution in [-0.2, 0) is 6.42 Å². The summed E-state index contributed by atoms with van der Waals surface area (Å²) < 4.78 is 5.13. The Hall–Kier alpha value is -1.71. The van der Waals surface area contributed by atoms with Crippen LogP contribution in [0, 0.1) is 0 Å². The first kappa shape index (κ1) is 15.7. The van der Waals surface area contributed by atoms with E-state index in [9.17, 15) is 4.79 Å². The third kappa shape index (κ3) is 5.66. The molecule has 1 aliphatic carbocycles. The Kier molecular flexibility index (Phi) is 6.38. The van der Waals surface area contributed by atoms with Crippen LogP contribution in [0.5, 0.6) is 5.75 Å². The molecule has 0 aromatic heterocycles. The van der Waals surface area contributed by atoms with Crippen molar-refractivity contribution >= 4 is 6.03 Å². The van der Waals surface area contributed by atoms with Gasteiger partial charge in [0.1, 0.15) is 5.75 Å². The number of nitrogens with one attached hydrogen (secondary N) is 2. The summed E-state index contributed by atoms with van der Waals surface area (Å²) in [7, 11) is 1.66. The van der Waals surface area contributed by atoms with E-state index in [0.717, 1.165) is 25.0 Å². The van der Waals surface area contributed by atoms with Gasteiger partial charge in [0.25, 0.3) is 0 Å². The second kappa shape index (κ2) is 8.55. The second-order valence-corrected chi connectivity index (χ2v) is 5.69. The van der Waals surface area contributed by atoms with Crippen LogP contribution in [-0.4, -0.2) is 25.7 Å². The van der Waals surface area contributed by atoms with Gasteiger partial charge in [-0.3, -0.25) is 0 Å². The van der Waals surface area contributed by atoms with Crippen molar-refractivity contribution in [3.05, 3.63) is 29.8 Å². The molecular weight excluding hydrogens is 264 g/mol. The highest BCUT2D eigenvalue weighted by atomic mass is 16.5. The average molecular weight is 290 g/mol. The maximum Gasteiger partial charge on any atom is 0.315 e. The number of methoxy groups -OCH3 is 1. The fraction of sp³-hybridized carbons (Fsp3) is 0.588. The van der Waals surface area contributed by atoms with Crippen LogP contribution in [0.3, 0.4) is 0 Å². The number of hydrogen-bond donors (Lipinski definition) is 2. The Bertz CT molecular complexity index is 423. The number of rotatable bonds is 5. The molecule has 2 rings (SSSR count). The van der Waals surface area contributed by atoms with Gasteiger partial charge in [-0.2, -0.15) is 0 Å². The highest BCUT2D eigenvalue weighted by Gasteiger charge is 2.14. The molecule has 0 saturated heterocycles. The maximum absolute atomic E-state index is 11.9. The first-order chi connectivity index (χ1) is 10.3. The van der Waals surface area contributed by atoms with Crippen molar-refractivity contribution < 1.29 is 9.53 Å². The monoisotopic (exact) mass is 290 g/mol. The van der Waals surface area contributed by atoms with Gasteiger partial charge in [-0.15, -0.1) is 0 Å². The van der Waals surface area contributed by atoms with E-state index in [1.54, 1.807) is 7.11 Å². The molecule has 0 atom stereocenters. The summed E-state index contributed by atoms with van der Waals surface area (Å²) >= 11 is 0. The lowest BCUT2D eigenvalue weighted by molar-refractivity contribution is 0.235. The van der Waals surface area contributed by atoms with Crippen LogP contribution in [0.4, 0.5) is 4.79 Å². The molecule has 4 nitrogen and oxygen atoms in total. The number of amides is 2. The predicted molar refractivity (Wildman–Crippen MR) is 84.7 cm³/mol. The number of urea groups is 1. The first-order valence-electron chi connectivity index (χ1n) is 7.95. The van der Waals surface area contributed by atoms with Gasteiger partial charge in [0.05, 0.1) is 7.11 Å². The number of carbonyl (C=O) groups excluding carboxylic acids is 1. The summed E-state index contributed by atoms with van der Waals surface area (Å²) in [5, 5.41) is 6.04. The summed E-state index contributed by atoms with van der Waals surface area (Å²) in [6, 6.07) is 8.28. The largest absolute Gasteiger partial charge is 0.497 e. The molecule has 0 aliphatic heterocycles. The Morgan fingerprint density at radius 2 is 1.81 bits per heavy atom. The van der Waals surface area contributed by atoms with Gasteiger partial charge in [-0.1, -0.05) is 37.8 Å². The molecule has 1 aromatic rings. The number of hydrogen-bond acceptors (Lipinski definition) is 2. The van der Waals surface area contributed by atoms with Crippen molar-refractivity contribution in [2.75, 3.05) is 13.7 Å². The normalized spacial score (nSPS) is 16.0. The molecule has 4 heteroatoms. The maximum atomic E-state index is 11.9. The van der Waals surface area contributed by atoms with Gasteiger partial charge in [0.2, 0.25) is 0 Å². The van der Waals surface area contributed by atoms with E-state index in [-0.39, 0.29) is 6.03 Å². The van der Waals surface area contributed by atoms with E-state index in [4.69, 9.17) is 4.74 Å². The summed E-state index contributed by atoms with van der Waals surface area (Å²) in [5.74, 6) is 0.859. The van der Waals surface area contributed by atoms with Crippen molar-refractivity contribution in [1.29, 1.82) is 0 Å². The van der Waals surface area contributed by atoms with E-state index >= 15 is 0 Å². The highest BCUT2D eigenvalue weighted by Crippen LogP contribution is 2.17. The summed E-state index contributed by atoms with van der Waals surface area (Å²) in [6.45, 7) is 0.658. The molecule has 2 N–H and O–H groups in total. The molecule has 2 amide bonds. The molecule has 1 fully saturated rings. The van der Waals surface area contributed by atoms with Gasteiger partial charge in [-0.05, 0) is 37.0 Å².